The third-order valence-electron chi connectivity index (χ3n) is 5.15. The van der Waals surface area contributed by atoms with Gasteiger partial charge in [0, 0.05) is 26.4 Å². The van der Waals surface area contributed by atoms with Crippen LogP contribution in [0.15, 0.2) is 12.4 Å². The van der Waals surface area contributed by atoms with Crippen molar-refractivity contribution in [3.05, 3.63) is 18.0 Å². The maximum Gasteiger partial charge on any atom is 0.217 e. The zero-order chi connectivity index (χ0) is 16.0. The molecule has 1 aliphatic heterocycles. The topological polar surface area (TPSA) is 64.4 Å². The Kier molecular flexibility index (Phi) is 3.98. The van der Waals surface area contributed by atoms with E-state index in [1.54, 1.807) is 8.99 Å². The van der Waals surface area contributed by atoms with Crippen LogP contribution in [0, 0.1) is 5.92 Å². The lowest BCUT2D eigenvalue weighted by Gasteiger charge is -2.27. The fourth-order valence-corrected chi connectivity index (χ4v) is 5.52. The minimum absolute atomic E-state index is 0.0179. The molecule has 0 aromatic carbocycles. The number of nitrogens with zero attached hydrogens (tertiary/aromatic N) is 3. The molecule has 0 N–H and O–H groups in total. The summed E-state index contributed by atoms with van der Waals surface area (Å²) in [5, 5.41) is 4.06. The van der Waals surface area contributed by atoms with Crippen LogP contribution in [0.1, 0.15) is 37.7 Å². The molecule has 3 aliphatic rings. The SMILES string of the molecule is Cn1cc(C[C@@H]2[C@@H](OCC3CC3)CCN2S(=O)(=O)C2CC2)cn1. The zero-order valence-electron chi connectivity index (χ0n) is 13.6. The van der Waals surface area contributed by atoms with Gasteiger partial charge in [-0.05, 0) is 50.0 Å². The highest BCUT2D eigenvalue weighted by Gasteiger charge is 2.48. The van der Waals surface area contributed by atoms with Gasteiger partial charge in [0.05, 0.1) is 23.6 Å². The van der Waals surface area contributed by atoms with Gasteiger partial charge in [0.15, 0.2) is 0 Å². The summed E-state index contributed by atoms with van der Waals surface area (Å²) in [5.74, 6) is 0.697. The van der Waals surface area contributed by atoms with Crippen molar-refractivity contribution in [3.63, 3.8) is 0 Å². The molecule has 0 bridgehead atoms. The summed E-state index contributed by atoms with van der Waals surface area (Å²) in [5.41, 5.74) is 1.08. The lowest BCUT2D eigenvalue weighted by atomic mass is 10.1. The van der Waals surface area contributed by atoms with E-state index in [9.17, 15) is 8.42 Å². The second-order valence-electron chi connectivity index (χ2n) is 7.25. The van der Waals surface area contributed by atoms with Gasteiger partial charge in [-0.1, -0.05) is 0 Å². The Morgan fingerprint density at radius 3 is 2.65 bits per heavy atom. The molecular weight excluding hydrogens is 314 g/mol. The van der Waals surface area contributed by atoms with Crippen LogP contribution in [0.5, 0.6) is 0 Å². The van der Waals surface area contributed by atoms with Crippen LogP contribution >= 0.6 is 0 Å². The molecule has 1 aromatic rings. The predicted molar refractivity (Wildman–Crippen MR) is 86.4 cm³/mol. The highest BCUT2D eigenvalue weighted by Crippen LogP contribution is 2.37. The number of hydrogen-bond donors (Lipinski definition) is 0. The van der Waals surface area contributed by atoms with Gasteiger partial charge in [0.2, 0.25) is 10.0 Å². The van der Waals surface area contributed by atoms with Gasteiger partial charge < -0.3 is 4.74 Å². The van der Waals surface area contributed by atoms with E-state index in [2.05, 4.69) is 5.10 Å². The van der Waals surface area contributed by atoms with Crippen LogP contribution < -0.4 is 0 Å². The molecule has 128 valence electrons. The van der Waals surface area contributed by atoms with Crippen LogP contribution in [0.25, 0.3) is 0 Å². The number of rotatable bonds is 7. The fraction of sp³-hybridized carbons (Fsp3) is 0.812. The Hall–Kier alpha value is -0.920. The average molecular weight is 339 g/mol. The number of aromatic nitrogens is 2. The quantitative estimate of drug-likeness (QED) is 0.752. The number of sulfonamides is 1. The Morgan fingerprint density at radius 1 is 1.26 bits per heavy atom. The Labute approximate surface area is 137 Å². The standard InChI is InChI=1S/C16H25N3O3S/c1-18-10-13(9-17-18)8-15-16(22-11-12-2-3-12)6-7-19(15)23(20,21)14-4-5-14/h9-10,12,14-16H,2-8,11H2,1H3/t15-,16+/m1/s1. The van der Waals surface area contributed by atoms with E-state index in [-0.39, 0.29) is 17.4 Å². The Morgan fingerprint density at radius 2 is 2.04 bits per heavy atom. The first-order valence-electron chi connectivity index (χ1n) is 8.64. The molecule has 4 rings (SSSR count). The number of hydrogen-bond acceptors (Lipinski definition) is 4. The van der Waals surface area contributed by atoms with Crippen molar-refractivity contribution in [2.75, 3.05) is 13.2 Å². The normalized spacial score (nSPS) is 29.3. The van der Waals surface area contributed by atoms with E-state index in [1.807, 2.05) is 19.4 Å². The molecule has 1 saturated heterocycles. The molecule has 0 spiro atoms. The third kappa shape index (κ3) is 3.32. The van der Waals surface area contributed by atoms with E-state index < -0.39 is 10.0 Å². The minimum atomic E-state index is -3.16. The van der Waals surface area contributed by atoms with Crippen molar-refractivity contribution in [1.82, 2.24) is 14.1 Å². The molecule has 6 nitrogen and oxygen atoms in total. The average Bonchev–Trinajstić information content (AvgIpc) is 3.42. The molecule has 7 heteroatoms. The van der Waals surface area contributed by atoms with E-state index in [1.165, 1.54) is 12.8 Å². The second-order valence-corrected chi connectivity index (χ2v) is 9.42. The first kappa shape index (κ1) is 15.6. The minimum Gasteiger partial charge on any atom is -0.376 e. The highest BCUT2D eigenvalue weighted by molar-refractivity contribution is 7.90. The van der Waals surface area contributed by atoms with Crippen LogP contribution in [0.2, 0.25) is 0 Å². The number of aryl methyl sites for hydroxylation is 1. The highest BCUT2D eigenvalue weighted by atomic mass is 32.2. The van der Waals surface area contributed by atoms with Gasteiger partial charge in [-0.3, -0.25) is 4.68 Å². The van der Waals surface area contributed by atoms with E-state index >= 15 is 0 Å². The van der Waals surface area contributed by atoms with Gasteiger partial charge in [0.25, 0.3) is 0 Å². The zero-order valence-corrected chi connectivity index (χ0v) is 14.4. The van der Waals surface area contributed by atoms with Crippen molar-refractivity contribution in [3.8, 4) is 0 Å². The molecule has 0 radical (unpaired) electrons. The maximum atomic E-state index is 12.7. The number of ether oxygens (including phenoxy) is 1. The molecule has 2 aliphatic carbocycles. The summed E-state index contributed by atoms with van der Waals surface area (Å²) in [7, 11) is -1.27. The van der Waals surface area contributed by atoms with Gasteiger partial charge in [0.1, 0.15) is 0 Å². The van der Waals surface area contributed by atoms with Crippen LogP contribution in [-0.4, -0.2) is 53.1 Å². The summed E-state index contributed by atoms with van der Waals surface area (Å²) >= 11 is 0. The molecule has 2 atom stereocenters. The Bertz CT molecular complexity index is 664. The largest absolute Gasteiger partial charge is 0.376 e. The smallest absolute Gasteiger partial charge is 0.217 e. The molecular formula is C16H25N3O3S. The van der Waals surface area contributed by atoms with Gasteiger partial charge in [-0.15, -0.1) is 0 Å². The van der Waals surface area contributed by atoms with Crippen molar-refractivity contribution >= 4 is 10.0 Å². The maximum absolute atomic E-state index is 12.7. The molecule has 0 amide bonds. The summed E-state index contributed by atoms with van der Waals surface area (Å²) in [6, 6.07) is -0.0800. The predicted octanol–water partition coefficient (Wildman–Crippen LogP) is 1.32. The summed E-state index contributed by atoms with van der Waals surface area (Å²) < 4.78 is 35.1. The molecule has 3 fully saturated rings. The van der Waals surface area contributed by atoms with Crippen molar-refractivity contribution in [2.45, 2.75) is 55.9 Å². The lowest BCUT2D eigenvalue weighted by Crippen LogP contribution is -2.43. The van der Waals surface area contributed by atoms with Crippen LogP contribution in [-0.2, 0) is 28.2 Å². The van der Waals surface area contributed by atoms with Crippen LogP contribution in [0.3, 0.4) is 0 Å². The van der Waals surface area contributed by atoms with Gasteiger partial charge >= 0.3 is 0 Å². The fourth-order valence-electron chi connectivity index (χ4n) is 3.46. The Balaban J connectivity index is 1.52. The molecule has 2 saturated carbocycles. The van der Waals surface area contributed by atoms with Crippen molar-refractivity contribution in [1.29, 1.82) is 0 Å². The van der Waals surface area contributed by atoms with Crippen LogP contribution in [0.4, 0.5) is 0 Å². The monoisotopic (exact) mass is 339 g/mol. The summed E-state index contributed by atoms with van der Waals surface area (Å²) in [4.78, 5) is 0. The lowest BCUT2D eigenvalue weighted by molar-refractivity contribution is 0.0305. The first-order valence-corrected chi connectivity index (χ1v) is 10.1. The van der Waals surface area contributed by atoms with Crippen molar-refractivity contribution < 1.29 is 13.2 Å². The van der Waals surface area contributed by atoms with E-state index in [0.717, 1.165) is 31.4 Å². The molecule has 0 unspecified atom stereocenters. The molecule has 1 aromatic heterocycles. The summed E-state index contributed by atoms with van der Waals surface area (Å²) in [6.45, 7) is 1.38. The molecule has 23 heavy (non-hydrogen) atoms. The molecule has 2 heterocycles. The summed E-state index contributed by atoms with van der Waals surface area (Å²) in [6.07, 6.45) is 9.45. The first-order chi connectivity index (χ1) is 11.0. The third-order valence-corrected chi connectivity index (χ3v) is 7.57. The van der Waals surface area contributed by atoms with Gasteiger partial charge in [-0.2, -0.15) is 9.40 Å². The van der Waals surface area contributed by atoms with E-state index in [4.69, 9.17) is 4.74 Å². The van der Waals surface area contributed by atoms with E-state index in [0.29, 0.717) is 18.9 Å². The van der Waals surface area contributed by atoms with Gasteiger partial charge in [-0.25, -0.2) is 8.42 Å². The second kappa shape index (κ2) is 5.86. The van der Waals surface area contributed by atoms with Crippen molar-refractivity contribution in [2.24, 2.45) is 13.0 Å².